The SMILES string of the molecule is CCNC(=O)CN1CCN(S(=O)(=O)c2cn[nH]c2)CC1. The van der Waals surface area contributed by atoms with Crippen molar-refractivity contribution in [2.75, 3.05) is 39.3 Å². The molecular weight excluding hydrogens is 282 g/mol. The number of aromatic amines is 1. The summed E-state index contributed by atoms with van der Waals surface area (Å²) in [5.74, 6) is -0.0290. The largest absolute Gasteiger partial charge is 0.355 e. The highest BCUT2D eigenvalue weighted by atomic mass is 32.2. The first-order valence-electron chi connectivity index (χ1n) is 6.52. The van der Waals surface area contributed by atoms with Crippen LogP contribution in [0.3, 0.4) is 0 Å². The van der Waals surface area contributed by atoms with Crippen molar-refractivity contribution in [3.05, 3.63) is 12.4 Å². The molecule has 1 fully saturated rings. The average Bonchev–Trinajstić information content (AvgIpc) is 2.94. The molecule has 2 N–H and O–H groups in total. The summed E-state index contributed by atoms with van der Waals surface area (Å²) in [6.07, 6.45) is 2.67. The van der Waals surface area contributed by atoms with E-state index in [1.165, 1.54) is 16.7 Å². The molecule has 9 heteroatoms. The number of hydrogen-bond acceptors (Lipinski definition) is 5. The first-order chi connectivity index (χ1) is 9.54. The molecule has 0 atom stereocenters. The Morgan fingerprint density at radius 3 is 2.65 bits per heavy atom. The van der Waals surface area contributed by atoms with Gasteiger partial charge in [0.05, 0.1) is 12.7 Å². The molecule has 20 heavy (non-hydrogen) atoms. The number of rotatable bonds is 5. The van der Waals surface area contributed by atoms with Gasteiger partial charge in [0.2, 0.25) is 15.9 Å². The van der Waals surface area contributed by atoms with Crippen LogP contribution in [0.2, 0.25) is 0 Å². The molecule has 0 saturated carbocycles. The molecule has 1 aromatic heterocycles. The Kier molecular flexibility index (Phi) is 4.73. The number of carbonyl (C=O) groups is 1. The second-order valence-corrected chi connectivity index (χ2v) is 6.51. The lowest BCUT2D eigenvalue weighted by Gasteiger charge is -2.33. The van der Waals surface area contributed by atoms with Crippen molar-refractivity contribution in [1.82, 2.24) is 24.7 Å². The molecule has 1 aliphatic heterocycles. The molecule has 8 nitrogen and oxygen atoms in total. The summed E-state index contributed by atoms with van der Waals surface area (Å²) < 4.78 is 25.9. The van der Waals surface area contributed by atoms with Gasteiger partial charge in [0.1, 0.15) is 4.90 Å². The van der Waals surface area contributed by atoms with Crippen molar-refractivity contribution < 1.29 is 13.2 Å². The quantitative estimate of drug-likeness (QED) is 0.716. The predicted molar refractivity (Wildman–Crippen MR) is 72.5 cm³/mol. The molecule has 1 aliphatic rings. The van der Waals surface area contributed by atoms with E-state index < -0.39 is 10.0 Å². The summed E-state index contributed by atoms with van der Waals surface area (Å²) in [4.78, 5) is 13.6. The molecule has 0 unspecified atom stereocenters. The fraction of sp³-hybridized carbons (Fsp3) is 0.636. The molecule has 2 rings (SSSR count). The van der Waals surface area contributed by atoms with Gasteiger partial charge < -0.3 is 5.32 Å². The molecular formula is C11H19N5O3S. The first kappa shape index (κ1) is 14.9. The second kappa shape index (κ2) is 6.33. The lowest BCUT2D eigenvalue weighted by atomic mass is 10.3. The normalized spacial score (nSPS) is 18.1. The minimum Gasteiger partial charge on any atom is -0.355 e. The predicted octanol–water partition coefficient (Wildman–Crippen LogP) is -1.15. The minimum absolute atomic E-state index is 0.0290. The number of H-pyrrole nitrogens is 1. The van der Waals surface area contributed by atoms with E-state index in [-0.39, 0.29) is 10.8 Å². The van der Waals surface area contributed by atoms with Crippen molar-refractivity contribution in [2.24, 2.45) is 0 Å². The maximum absolute atomic E-state index is 12.2. The van der Waals surface area contributed by atoms with Gasteiger partial charge in [0.25, 0.3) is 0 Å². The molecule has 1 amide bonds. The first-order valence-corrected chi connectivity index (χ1v) is 7.96. The zero-order valence-electron chi connectivity index (χ0n) is 11.4. The zero-order valence-corrected chi connectivity index (χ0v) is 12.2. The zero-order chi connectivity index (χ0) is 14.6. The summed E-state index contributed by atoms with van der Waals surface area (Å²) in [5.41, 5.74) is 0. The van der Waals surface area contributed by atoms with E-state index in [1.54, 1.807) is 0 Å². The van der Waals surface area contributed by atoms with Gasteiger partial charge in [-0.3, -0.25) is 14.8 Å². The number of carbonyl (C=O) groups excluding carboxylic acids is 1. The number of sulfonamides is 1. The van der Waals surface area contributed by atoms with E-state index in [2.05, 4.69) is 15.5 Å². The Balaban J connectivity index is 1.90. The summed E-state index contributed by atoms with van der Waals surface area (Å²) >= 11 is 0. The highest BCUT2D eigenvalue weighted by Crippen LogP contribution is 2.15. The topological polar surface area (TPSA) is 98.4 Å². The van der Waals surface area contributed by atoms with Gasteiger partial charge in [0, 0.05) is 38.9 Å². The van der Waals surface area contributed by atoms with Crippen molar-refractivity contribution in [1.29, 1.82) is 0 Å². The van der Waals surface area contributed by atoms with Gasteiger partial charge in [-0.2, -0.15) is 9.40 Å². The van der Waals surface area contributed by atoms with Crippen LogP contribution in [-0.4, -0.2) is 73.0 Å². The molecule has 112 valence electrons. The van der Waals surface area contributed by atoms with Gasteiger partial charge in [0.15, 0.2) is 0 Å². The van der Waals surface area contributed by atoms with Crippen LogP contribution in [0, 0.1) is 0 Å². The van der Waals surface area contributed by atoms with E-state index in [1.807, 2.05) is 11.8 Å². The number of nitrogens with one attached hydrogen (secondary N) is 2. The van der Waals surface area contributed by atoms with E-state index in [0.717, 1.165) is 0 Å². The van der Waals surface area contributed by atoms with Crippen molar-refractivity contribution in [3.8, 4) is 0 Å². The molecule has 0 radical (unpaired) electrons. The number of nitrogens with zero attached hydrogens (tertiary/aromatic N) is 3. The lowest BCUT2D eigenvalue weighted by Crippen LogP contribution is -2.50. The van der Waals surface area contributed by atoms with Crippen LogP contribution in [0.15, 0.2) is 17.3 Å². The Morgan fingerprint density at radius 2 is 2.10 bits per heavy atom. The fourth-order valence-corrected chi connectivity index (χ4v) is 3.44. The summed E-state index contributed by atoms with van der Waals surface area (Å²) in [6.45, 7) is 4.65. The van der Waals surface area contributed by atoms with Gasteiger partial charge in [-0.05, 0) is 6.92 Å². The van der Waals surface area contributed by atoms with Crippen LogP contribution in [-0.2, 0) is 14.8 Å². The lowest BCUT2D eigenvalue weighted by molar-refractivity contribution is -0.122. The summed E-state index contributed by atoms with van der Waals surface area (Å²) in [5, 5.41) is 8.90. The molecule has 2 heterocycles. The molecule has 1 saturated heterocycles. The van der Waals surface area contributed by atoms with Gasteiger partial charge in [-0.15, -0.1) is 0 Å². The summed E-state index contributed by atoms with van der Waals surface area (Å²) in [7, 11) is -3.47. The van der Waals surface area contributed by atoms with E-state index >= 15 is 0 Å². The van der Waals surface area contributed by atoms with Gasteiger partial charge in [-0.25, -0.2) is 8.42 Å². The van der Waals surface area contributed by atoms with Gasteiger partial charge >= 0.3 is 0 Å². The van der Waals surface area contributed by atoms with Crippen LogP contribution >= 0.6 is 0 Å². The Labute approximate surface area is 118 Å². The van der Waals surface area contributed by atoms with Gasteiger partial charge in [-0.1, -0.05) is 0 Å². The standard InChI is InChI=1S/C11H19N5O3S/c1-2-12-11(17)9-15-3-5-16(6-4-15)20(18,19)10-7-13-14-8-10/h7-8H,2-6,9H2,1H3,(H,12,17)(H,13,14). The highest BCUT2D eigenvalue weighted by Gasteiger charge is 2.29. The molecule has 0 aromatic carbocycles. The smallest absolute Gasteiger partial charge is 0.246 e. The number of likely N-dealkylation sites (N-methyl/N-ethyl adjacent to an activating group) is 1. The number of aromatic nitrogens is 2. The maximum Gasteiger partial charge on any atom is 0.246 e. The molecule has 1 aromatic rings. The third kappa shape index (κ3) is 3.35. The molecule has 0 bridgehead atoms. The third-order valence-corrected chi connectivity index (χ3v) is 5.05. The average molecular weight is 301 g/mol. The van der Waals surface area contributed by atoms with E-state index in [4.69, 9.17) is 0 Å². The Bertz CT molecular complexity index is 534. The number of amides is 1. The van der Waals surface area contributed by atoms with E-state index in [9.17, 15) is 13.2 Å². The van der Waals surface area contributed by atoms with E-state index in [0.29, 0.717) is 39.3 Å². The Hall–Kier alpha value is -1.45. The van der Waals surface area contributed by atoms with Crippen molar-refractivity contribution >= 4 is 15.9 Å². The highest BCUT2D eigenvalue weighted by molar-refractivity contribution is 7.89. The molecule has 0 aliphatic carbocycles. The third-order valence-electron chi connectivity index (χ3n) is 3.18. The number of hydrogen-bond donors (Lipinski definition) is 2. The van der Waals surface area contributed by atoms with Crippen molar-refractivity contribution in [2.45, 2.75) is 11.8 Å². The van der Waals surface area contributed by atoms with Crippen LogP contribution < -0.4 is 5.32 Å². The monoisotopic (exact) mass is 301 g/mol. The Morgan fingerprint density at radius 1 is 1.40 bits per heavy atom. The second-order valence-electron chi connectivity index (χ2n) is 4.57. The minimum atomic E-state index is -3.47. The van der Waals surface area contributed by atoms with Crippen LogP contribution in [0.1, 0.15) is 6.92 Å². The van der Waals surface area contributed by atoms with Crippen LogP contribution in [0.5, 0.6) is 0 Å². The van der Waals surface area contributed by atoms with Crippen LogP contribution in [0.25, 0.3) is 0 Å². The summed E-state index contributed by atoms with van der Waals surface area (Å²) in [6, 6.07) is 0. The molecule has 0 spiro atoms. The number of piperazine rings is 1. The van der Waals surface area contributed by atoms with Crippen LogP contribution in [0.4, 0.5) is 0 Å². The fourth-order valence-electron chi connectivity index (χ4n) is 2.11. The van der Waals surface area contributed by atoms with Crippen molar-refractivity contribution in [3.63, 3.8) is 0 Å². The maximum atomic E-state index is 12.2.